The quantitative estimate of drug-likeness (QED) is 0.579. The van der Waals surface area contributed by atoms with Crippen molar-refractivity contribution < 1.29 is 4.79 Å². The zero-order valence-electron chi connectivity index (χ0n) is 12.3. The van der Waals surface area contributed by atoms with Crippen LogP contribution in [0.5, 0.6) is 0 Å². The van der Waals surface area contributed by atoms with Crippen molar-refractivity contribution in [2.45, 2.75) is 6.54 Å². The van der Waals surface area contributed by atoms with Crippen molar-refractivity contribution in [3.05, 3.63) is 74.9 Å². The second-order valence-corrected chi connectivity index (χ2v) is 6.01. The molecular formula is C17H12Cl3N3O. The molecule has 1 amide bonds. The van der Waals surface area contributed by atoms with Gasteiger partial charge in [0, 0.05) is 23.5 Å². The van der Waals surface area contributed by atoms with Gasteiger partial charge in [0.25, 0.3) is 5.91 Å². The number of rotatable bonds is 5. The van der Waals surface area contributed by atoms with Gasteiger partial charge in [-0.3, -0.25) is 4.79 Å². The van der Waals surface area contributed by atoms with Crippen molar-refractivity contribution in [1.82, 2.24) is 5.32 Å². The number of hydrogen-bond donors (Lipinski definition) is 2. The minimum atomic E-state index is -0.542. The molecule has 2 N–H and O–H groups in total. The Morgan fingerprint density at radius 1 is 1.08 bits per heavy atom. The summed E-state index contributed by atoms with van der Waals surface area (Å²) in [5.74, 6) is -0.542. The molecule has 0 aliphatic heterocycles. The maximum atomic E-state index is 12.1. The first kappa shape index (κ1) is 18.2. The van der Waals surface area contributed by atoms with Crippen LogP contribution in [0.15, 0.2) is 54.2 Å². The predicted molar refractivity (Wildman–Crippen MR) is 97.1 cm³/mol. The standard InChI is InChI=1S/C17H12Cl3N3O/c18-13-3-1-11(2-4-13)9-22-10-12(8-21)17(24)23-14-5-6-15(19)16(20)7-14/h1-7,10,22H,9H2,(H,23,24)/b12-10-. The lowest BCUT2D eigenvalue weighted by atomic mass is 10.2. The normalized spacial score (nSPS) is 10.8. The highest BCUT2D eigenvalue weighted by Gasteiger charge is 2.10. The Hall–Kier alpha value is -2.19. The summed E-state index contributed by atoms with van der Waals surface area (Å²) in [5, 5.41) is 16.0. The lowest BCUT2D eigenvalue weighted by Gasteiger charge is -2.06. The average Bonchev–Trinajstić information content (AvgIpc) is 2.56. The zero-order chi connectivity index (χ0) is 17.5. The number of halogens is 3. The van der Waals surface area contributed by atoms with Gasteiger partial charge in [-0.05, 0) is 35.9 Å². The van der Waals surface area contributed by atoms with Crippen molar-refractivity contribution in [2.75, 3.05) is 5.32 Å². The molecule has 2 aromatic carbocycles. The molecule has 0 unspecified atom stereocenters. The van der Waals surface area contributed by atoms with Crippen LogP contribution < -0.4 is 10.6 Å². The minimum absolute atomic E-state index is 0.0602. The molecule has 0 atom stereocenters. The van der Waals surface area contributed by atoms with Crippen molar-refractivity contribution in [1.29, 1.82) is 5.26 Å². The molecule has 0 radical (unpaired) electrons. The molecule has 0 aliphatic rings. The number of hydrogen-bond acceptors (Lipinski definition) is 3. The number of nitrogens with one attached hydrogen (secondary N) is 2. The van der Waals surface area contributed by atoms with Crippen molar-refractivity contribution in [2.24, 2.45) is 0 Å². The number of amides is 1. The molecule has 2 aromatic rings. The van der Waals surface area contributed by atoms with Gasteiger partial charge in [-0.1, -0.05) is 46.9 Å². The number of anilines is 1. The van der Waals surface area contributed by atoms with Crippen LogP contribution in [0.25, 0.3) is 0 Å². The van der Waals surface area contributed by atoms with Crippen molar-refractivity contribution in [3.8, 4) is 6.07 Å². The van der Waals surface area contributed by atoms with Gasteiger partial charge < -0.3 is 10.6 Å². The number of benzene rings is 2. The number of nitriles is 1. The van der Waals surface area contributed by atoms with Crippen LogP contribution in [-0.2, 0) is 11.3 Å². The highest BCUT2D eigenvalue weighted by atomic mass is 35.5. The fourth-order valence-electron chi connectivity index (χ4n) is 1.79. The van der Waals surface area contributed by atoms with Crippen LogP contribution in [0.4, 0.5) is 5.69 Å². The fourth-order valence-corrected chi connectivity index (χ4v) is 2.22. The smallest absolute Gasteiger partial charge is 0.267 e. The van der Waals surface area contributed by atoms with Crippen molar-refractivity contribution in [3.63, 3.8) is 0 Å². The lowest BCUT2D eigenvalue weighted by molar-refractivity contribution is -0.112. The molecule has 4 nitrogen and oxygen atoms in total. The summed E-state index contributed by atoms with van der Waals surface area (Å²) in [7, 11) is 0. The summed E-state index contributed by atoms with van der Waals surface area (Å²) in [6.45, 7) is 0.461. The van der Waals surface area contributed by atoms with Crippen LogP contribution in [0.3, 0.4) is 0 Å². The van der Waals surface area contributed by atoms with E-state index in [4.69, 9.17) is 40.1 Å². The van der Waals surface area contributed by atoms with E-state index < -0.39 is 5.91 Å². The molecule has 0 spiro atoms. The van der Waals surface area contributed by atoms with Gasteiger partial charge in [-0.25, -0.2) is 0 Å². The molecule has 0 saturated heterocycles. The van der Waals surface area contributed by atoms with Crippen LogP contribution in [0.1, 0.15) is 5.56 Å². The number of carbonyl (C=O) groups excluding carboxylic acids is 1. The van der Waals surface area contributed by atoms with Crippen molar-refractivity contribution >= 4 is 46.4 Å². The Morgan fingerprint density at radius 2 is 1.79 bits per heavy atom. The summed E-state index contributed by atoms with van der Waals surface area (Å²) < 4.78 is 0. The van der Waals surface area contributed by atoms with E-state index in [0.717, 1.165) is 5.56 Å². The molecule has 7 heteroatoms. The third-order valence-electron chi connectivity index (χ3n) is 3.01. The SMILES string of the molecule is N#C/C(=C/NCc1ccc(Cl)cc1)C(=O)Nc1ccc(Cl)c(Cl)c1. The molecule has 0 bridgehead atoms. The van der Waals surface area contributed by atoms with E-state index in [-0.39, 0.29) is 5.57 Å². The first-order chi connectivity index (χ1) is 11.5. The van der Waals surface area contributed by atoms with Gasteiger partial charge in [0.05, 0.1) is 10.0 Å². The van der Waals surface area contributed by atoms with E-state index in [0.29, 0.717) is 27.3 Å². The third kappa shape index (κ3) is 5.17. The minimum Gasteiger partial charge on any atom is -0.386 e. The van der Waals surface area contributed by atoms with Gasteiger partial charge in [-0.2, -0.15) is 5.26 Å². The predicted octanol–water partition coefficient (Wildman–Crippen LogP) is 4.78. The van der Waals surface area contributed by atoms with E-state index in [1.165, 1.54) is 12.3 Å². The van der Waals surface area contributed by atoms with E-state index in [1.807, 2.05) is 18.2 Å². The molecule has 24 heavy (non-hydrogen) atoms. The second-order valence-electron chi connectivity index (χ2n) is 4.76. The van der Waals surface area contributed by atoms with Gasteiger partial charge >= 0.3 is 0 Å². The van der Waals surface area contributed by atoms with Crippen LogP contribution in [-0.4, -0.2) is 5.91 Å². The van der Waals surface area contributed by atoms with Gasteiger partial charge in [-0.15, -0.1) is 0 Å². The molecule has 0 fully saturated rings. The zero-order valence-corrected chi connectivity index (χ0v) is 14.6. The summed E-state index contributed by atoms with van der Waals surface area (Å²) in [4.78, 5) is 12.1. The average molecular weight is 381 g/mol. The third-order valence-corrected chi connectivity index (χ3v) is 4.00. The van der Waals surface area contributed by atoms with E-state index >= 15 is 0 Å². The Morgan fingerprint density at radius 3 is 2.42 bits per heavy atom. The Kier molecular flexibility index (Phi) is 6.51. The summed E-state index contributed by atoms with van der Waals surface area (Å²) in [5.41, 5.74) is 1.36. The Bertz CT molecular complexity index is 811. The maximum Gasteiger partial charge on any atom is 0.267 e. The maximum absolute atomic E-state index is 12.1. The van der Waals surface area contributed by atoms with E-state index in [1.54, 1.807) is 24.3 Å². The fraction of sp³-hybridized carbons (Fsp3) is 0.0588. The molecular weight excluding hydrogens is 369 g/mol. The van der Waals surface area contributed by atoms with Gasteiger partial charge in [0.1, 0.15) is 11.6 Å². The number of carbonyl (C=O) groups is 1. The second kappa shape index (κ2) is 8.60. The van der Waals surface area contributed by atoms with Crippen LogP contribution >= 0.6 is 34.8 Å². The molecule has 2 rings (SSSR count). The first-order valence-electron chi connectivity index (χ1n) is 6.84. The highest BCUT2D eigenvalue weighted by Crippen LogP contribution is 2.25. The van der Waals surface area contributed by atoms with Crippen LogP contribution in [0, 0.1) is 11.3 Å². The summed E-state index contributed by atoms with van der Waals surface area (Å²) >= 11 is 17.5. The largest absolute Gasteiger partial charge is 0.386 e. The molecule has 0 aliphatic carbocycles. The Balaban J connectivity index is 1.98. The van der Waals surface area contributed by atoms with Gasteiger partial charge in [0.2, 0.25) is 0 Å². The molecule has 0 aromatic heterocycles. The van der Waals surface area contributed by atoms with E-state index in [9.17, 15) is 4.79 Å². The first-order valence-corrected chi connectivity index (χ1v) is 7.97. The summed E-state index contributed by atoms with van der Waals surface area (Å²) in [6, 6.07) is 13.8. The Labute approximate surface area is 154 Å². The van der Waals surface area contributed by atoms with E-state index in [2.05, 4.69) is 10.6 Å². The topological polar surface area (TPSA) is 64.9 Å². The summed E-state index contributed by atoms with van der Waals surface area (Å²) in [6.07, 6.45) is 1.36. The van der Waals surface area contributed by atoms with Gasteiger partial charge in [0.15, 0.2) is 0 Å². The highest BCUT2D eigenvalue weighted by molar-refractivity contribution is 6.42. The monoisotopic (exact) mass is 379 g/mol. The van der Waals surface area contributed by atoms with Crippen LogP contribution in [0.2, 0.25) is 15.1 Å². The number of nitrogens with zero attached hydrogens (tertiary/aromatic N) is 1. The molecule has 0 saturated carbocycles. The lowest BCUT2D eigenvalue weighted by Crippen LogP contribution is -2.16. The molecule has 0 heterocycles. The molecule has 122 valence electrons.